The maximum Gasteiger partial charge on any atom is 0.278 e. The van der Waals surface area contributed by atoms with E-state index in [1.165, 1.54) is 4.90 Å². The van der Waals surface area contributed by atoms with Gasteiger partial charge in [0, 0.05) is 36.9 Å². The Labute approximate surface area is 193 Å². The van der Waals surface area contributed by atoms with E-state index in [4.69, 9.17) is 16.3 Å². The lowest BCUT2D eigenvalue weighted by atomic mass is 10.0. The van der Waals surface area contributed by atoms with Crippen molar-refractivity contribution in [2.75, 3.05) is 44.7 Å². The number of imide groups is 1. The molecule has 1 N–H and O–H groups in total. The van der Waals surface area contributed by atoms with Crippen LogP contribution in [0.4, 0.5) is 5.69 Å². The lowest BCUT2D eigenvalue weighted by Gasteiger charge is -2.27. The number of amides is 2. The summed E-state index contributed by atoms with van der Waals surface area (Å²) in [6.07, 6.45) is 0.724. The van der Waals surface area contributed by atoms with Crippen LogP contribution < -0.4 is 5.32 Å². The van der Waals surface area contributed by atoms with Crippen molar-refractivity contribution in [2.45, 2.75) is 20.3 Å². The SMILES string of the molecule is Cc1ccc(NC2=C(c3ccc(Cl)cc3)C(=O)N(CCCN3CCOCC3)C2=O)c(C)c1. The molecule has 0 unspecified atom stereocenters. The van der Waals surface area contributed by atoms with E-state index < -0.39 is 0 Å². The van der Waals surface area contributed by atoms with Gasteiger partial charge in [0.05, 0.1) is 18.8 Å². The molecule has 0 bridgehead atoms. The van der Waals surface area contributed by atoms with Crippen molar-refractivity contribution < 1.29 is 14.3 Å². The van der Waals surface area contributed by atoms with Gasteiger partial charge in [0.25, 0.3) is 11.8 Å². The fourth-order valence-electron chi connectivity index (χ4n) is 4.15. The van der Waals surface area contributed by atoms with E-state index in [1.54, 1.807) is 24.3 Å². The first-order chi connectivity index (χ1) is 15.4. The summed E-state index contributed by atoms with van der Waals surface area (Å²) < 4.78 is 5.39. The first-order valence-corrected chi connectivity index (χ1v) is 11.3. The fourth-order valence-corrected chi connectivity index (χ4v) is 4.27. The quantitative estimate of drug-likeness (QED) is 0.645. The van der Waals surface area contributed by atoms with Gasteiger partial charge in [-0.05, 0) is 49.6 Å². The van der Waals surface area contributed by atoms with Gasteiger partial charge in [0.15, 0.2) is 0 Å². The number of ether oxygens (including phenoxy) is 1. The summed E-state index contributed by atoms with van der Waals surface area (Å²) in [5.74, 6) is -0.562. The zero-order chi connectivity index (χ0) is 22.7. The summed E-state index contributed by atoms with van der Waals surface area (Å²) in [4.78, 5) is 30.4. The molecule has 2 aromatic rings. The average molecular weight is 454 g/mol. The molecule has 168 valence electrons. The van der Waals surface area contributed by atoms with Crippen LogP contribution in [-0.2, 0) is 14.3 Å². The minimum Gasteiger partial charge on any atom is -0.379 e. The van der Waals surface area contributed by atoms with Crippen LogP contribution in [-0.4, -0.2) is 61.0 Å². The molecule has 0 atom stereocenters. The molecule has 0 radical (unpaired) electrons. The first kappa shape index (κ1) is 22.5. The van der Waals surface area contributed by atoms with Gasteiger partial charge in [-0.3, -0.25) is 19.4 Å². The Morgan fingerprint density at radius 2 is 1.69 bits per heavy atom. The first-order valence-electron chi connectivity index (χ1n) is 10.9. The summed E-state index contributed by atoms with van der Waals surface area (Å²) >= 11 is 6.05. The second-order valence-electron chi connectivity index (χ2n) is 8.27. The highest BCUT2D eigenvalue weighted by Gasteiger charge is 2.39. The number of nitrogens with zero attached hydrogens (tertiary/aromatic N) is 2. The van der Waals surface area contributed by atoms with Gasteiger partial charge in [-0.25, -0.2) is 0 Å². The zero-order valence-corrected chi connectivity index (χ0v) is 19.2. The van der Waals surface area contributed by atoms with E-state index in [0.717, 1.165) is 56.1 Å². The lowest BCUT2D eigenvalue weighted by Crippen LogP contribution is -2.39. The van der Waals surface area contributed by atoms with Crippen LogP contribution in [0.1, 0.15) is 23.1 Å². The fraction of sp³-hybridized carbons (Fsp3) is 0.360. The average Bonchev–Trinajstić information content (AvgIpc) is 3.01. The maximum atomic E-state index is 13.4. The smallest absolute Gasteiger partial charge is 0.278 e. The van der Waals surface area contributed by atoms with Gasteiger partial charge in [-0.2, -0.15) is 0 Å². The molecular weight excluding hydrogens is 426 g/mol. The van der Waals surface area contributed by atoms with Crippen LogP contribution >= 0.6 is 11.6 Å². The Kier molecular flexibility index (Phi) is 6.94. The summed E-state index contributed by atoms with van der Waals surface area (Å²) in [6, 6.07) is 13.0. The van der Waals surface area contributed by atoms with Gasteiger partial charge < -0.3 is 10.1 Å². The third-order valence-corrected chi connectivity index (χ3v) is 6.15. The van der Waals surface area contributed by atoms with E-state index >= 15 is 0 Å². The highest BCUT2D eigenvalue weighted by atomic mass is 35.5. The molecule has 1 fully saturated rings. The van der Waals surface area contributed by atoms with Gasteiger partial charge in [0.2, 0.25) is 0 Å². The molecule has 0 spiro atoms. The van der Waals surface area contributed by atoms with Gasteiger partial charge in [0.1, 0.15) is 5.70 Å². The number of hydrogen-bond donors (Lipinski definition) is 1. The van der Waals surface area contributed by atoms with Gasteiger partial charge in [-0.15, -0.1) is 0 Å². The van der Waals surface area contributed by atoms with Crippen molar-refractivity contribution in [3.63, 3.8) is 0 Å². The number of benzene rings is 2. The normalized spacial score (nSPS) is 17.4. The minimum atomic E-state index is -0.290. The Bertz CT molecular complexity index is 1040. The standard InChI is InChI=1S/C25H28ClN3O3/c1-17-4-9-21(18(2)16-17)27-23-22(19-5-7-20(26)8-6-19)24(30)29(25(23)31)11-3-10-28-12-14-32-15-13-28/h4-9,16,27H,3,10-15H2,1-2H3. The molecule has 0 aromatic heterocycles. The third kappa shape index (κ3) is 4.88. The predicted molar refractivity (Wildman–Crippen MR) is 127 cm³/mol. The highest BCUT2D eigenvalue weighted by molar-refractivity contribution is 6.37. The number of hydrogen-bond acceptors (Lipinski definition) is 5. The molecule has 2 aliphatic rings. The molecule has 7 heteroatoms. The second-order valence-corrected chi connectivity index (χ2v) is 8.71. The second kappa shape index (κ2) is 9.86. The van der Waals surface area contributed by atoms with E-state index in [2.05, 4.69) is 10.2 Å². The van der Waals surface area contributed by atoms with Gasteiger partial charge >= 0.3 is 0 Å². The number of anilines is 1. The molecule has 0 saturated carbocycles. The molecule has 32 heavy (non-hydrogen) atoms. The molecule has 0 aliphatic carbocycles. The van der Waals surface area contributed by atoms with Crippen LogP contribution in [0.3, 0.4) is 0 Å². The van der Waals surface area contributed by atoms with Gasteiger partial charge in [-0.1, -0.05) is 41.4 Å². The summed E-state index contributed by atoms with van der Waals surface area (Å²) in [5, 5.41) is 3.84. The molecule has 2 aromatic carbocycles. The number of aryl methyl sites for hydroxylation is 2. The third-order valence-electron chi connectivity index (χ3n) is 5.90. The monoisotopic (exact) mass is 453 g/mol. The Hall–Kier alpha value is -2.67. The van der Waals surface area contributed by atoms with Crippen LogP contribution in [0, 0.1) is 13.8 Å². The van der Waals surface area contributed by atoms with E-state index in [1.807, 2.05) is 32.0 Å². The molecule has 4 rings (SSSR count). The van der Waals surface area contributed by atoms with E-state index in [9.17, 15) is 9.59 Å². The van der Waals surface area contributed by atoms with Crippen molar-refractivity contribution >= 4 is 34.7 Å². The predicted octanol–water partition coefficient (Wildman–Crippen LogP) is 3.87. The van der Waals surface area contributed by atoms with Crippen molar-refractivity contribution in [3.05, 3.63) is 69.9 Å². The molecule has 6 nitrogen and oxygen atoms in total. The zero-order valence-electron chi connectivity index (χ0n) is 18.5. The molecular formula is C25H28ClN3O3. The Balaban J connectivity index is 1.58. The molecule has 1 saturated heterocycles. The largest absolute Gasteiger partial charge is 0.379 e. The van der Waals surface area contributed by atoms with E-state index in [0.29, 0.717) is 28.4 Å². The number of morpholine rings is 1. The van der Waals surface area contributed by atoms with Crippen molar-refractivity contribution in [1.29, 1.82) is 0 Å². The van der Waals surface area contributed by atoms with Crippen LogP contribution in [0.25, 0.3) is 5.57 Å². The molecule has 2 amide bonds. The maximum absolute atomic E-state index is 13.4. The van der Waals surface area contributed by atoms with Crippen molar-refractivity contribution in [1.82, 2.24) is 9.80 Å². The van der Waals surface area contributed by atoms with Crippen LogP contribution in [0.2, 0.25) is 5.02 Å². The topological polar surface area (TPSA) is 61.9 Å². The number of rotatable bonds is 7. The van der Waals surface area contributed by atoms with Crippen LogP contribution in [0.5, 0.6) is 0 Å². The van der Waals surface area contributed by atoms with Crippen molar-refractivity contribution in [2.24, 2.45) is 0 Å². The Morgan fingerprint density at radius 1 is 0.969 bits per heavy atom. The molecule has 2 aliphatic heterocycles. The van der Waals surface area contributed by atoms with Crippen molar-refractivity contribution in [3.8, 4) is 0 Å². The number of halogens is 1. The summed E-state index contributed by atoms with van der Waals surface area (Å²) in [7, 11) is 0. The number of nitrogens with one attached hydrogen (secondary N) is 1. The summed E-state index contributed by atoms with van der Waals surface area (Å²) in [5.41, 5.74) is 4.34. The lowest BCUT2D eigenvalue weighted by molar-refractivity contribution is -0.136. The number of carbonyl (C=O) groups excluding carboxylic acids is 2. The Morgan fingerprint density at radius 3 is 2.38 bits per heavy atom. The van der Waals surface area contributed by atoms with E-state index in [-0.39, 0.29) is 11.8 Å². The minimum absolute atomic E-state index is 0.272. The summed E-state index contributed by atoms with van der Waals surface area (Å²) in [6.45, 7) is 8.45. The van der Waals surface area contributed by atoms with Crippen LogP contribution in [0.15, 0.2) is 48.2 Å². The highest BCUT2D eigenvalue weighted by Crippen LogP contribution is 2.32. The number of carbonyl (C=O) groups is 2. The molecule has 2 heterocycles.